The highest BCUT2D eigenvalue weighted by molar-refractivity contribution is 6.14. The normalized spacial score (nSPS) is 12.0. The molecule has 0 fully saturated rings. The van der Waals surface area contributed by atoms with Crippen molar-refractivity contribution >= 4 is 65.4 Å². The van der Waals surface area contributed by atoms with Gasteiger partial charge >= 0.3 is 6.18 Å². The van der Waals surface area contributed by atoms with Gasteiger partial charge in [-0.3, -0.25) is 0 Å². The molecule has 86 heavy (non-hydrogen) atoms. The van der Waals surface area contributed by atoms with Gasteiger partial charge in [-0.1, -0.05) is 200 Å². The molecular formula is C78H50F3N5. The molecule has 0 saturated carbocycles. The highest BCUT2D eigenvalue weighted by Gasteiger charge is 2.32. The number of hydrogen-bond acceptors (Lipinski definition) is 2. The molecule has 4 heterocycles. The van der Waals surface area contributed by atoms with E-state index < -0.39 is 11.7 Å². The Morgan fingerprint density at radius 1 is 0.291 bits per heavy atom. The van der Waals surface area contributed by atoms with E-state index in [9.17, 15) is 13.2 Å². The molecule has 0 radical (unpaired) electrons. The predicted molar refractivity (Wildman–Crippen MR) is 347 cm³/mol. The maximum Gasteiger partial charge on any atom is 0.416 e. The van der Waals surface area contributed by atoms with Crippen LogP contribution >= 0.6 is 0 Å². The van der Waals surface area contributed by atoms with Gasteiger partial charge in [0.25, 0.3) is 0 Å². The summed E-state index contributed by atoms with van der Waals surface area (Å²) in [5.41, 5.74) is 18.0. The number of rotatable bonds is 9. The van der Waals surface area contributed by atoms with E-state index in [2.05, 4.69) is 232 Å². The van der Waals surface area contributed by atoms with Crippen LogP contribution in [-0.4, -0.2) is 23.7 Å². The summed E-state index contributed by atoms with van der Waals surface area (Å²) < 4.78 is 50.8. The first-order valence-corrected chi connectivity index (χ1v) is 28.8. The minimum Gasteiger partial charge on any atom is -0.309 e. The molecule has 0 aliphatic rings. The molecule has 0 saturated heterocycles. The minimum atomic E-state index is -4.51. The van der Waals surface area contributed by atoms with Crippen molar-refractivity contribution in [3.8, 4) is 84.3 Å². The summed E-state index contributed by atoms with van der Waals surface area (Å²) in [5.74, 6) is 0.597. The third kappa shape index (κ3) is 8.32. The van der Waals surface area contributed by atoms with Crippen LogP contribution in [0.5, 0.6) is 0 Å². The Morgan fingerprint density at radius 3 is 1.20 bits per heavy atom. The average molecular weight is 1110 g/mol. The van der Waals surface area contributed by atoms with Crippen LogP contribution in [0.1, 0.15) is 11.1 Å². The minimum absolute atomic E-state index is 0.497. The molecule has 0 unspecified atom stereocenters. The van der Waals surface area contributed by atoms with Crippen LogP contribution in [0.15, 0.2) is 285 Å². The lowest BCUT2D eigenvalue weighted by atomic mass is 9.90. The van der Waals surface area contributed by atoms with Crippen molar-refractivity contribution in [2.45, 2.75) is 13.1 Å². The van der Waals surface area contributed by atoms with Gasteiger partial charge in [0.05, 0.1) is 67.1 Å². The van der Waals surface area contributed by atoms with Gasteiger partial charge in [-0.2, -0.15) is 13.2 Å². The summed E-state index contributed by atoms with van der Waals surface area (Å²) in [4.78, 5) is 10.8. The zero-order valence-electron chi connectivity index (χ0n) is 46.5. The first-order valence-electron chi connectivity index (χ1n) is 28.8. The Morgan fingerprint density at radius 2 is 0.698 bits per heavy atom. The zero-order chi connectivity index (χ0) is 57.6. The second-order valence-corrected chi connectivity index (χ2v) is 22.1. The van der Waals surface area contributed by atoms with Gasteiger partial charge < -0.3 is 13.7 Å². The first-order chi connectivity index (χ1) is 42.2. The van der Waals surface area contributed by atoms with E-state index in [0.717, 1.165) is 133 Å². The standard InChI is InChI=1S/C78H50F3N5/c1-49-42-53(44-55(43-49)78(79,80)81)52-40-41-75-63(45-52)60-30-12-21-39-74(60)86(75)76-64(61-31-13-19-37-72(61)84-68-33-15-8-26-56(68)57-27-9-16-34-69(57)84)46-54(67-48-66(50-22-4-2-5-23-50)82-77(83-67)51-24-6-3-7-25-51)47-65(76)62-32-14-20-38-73(62)85-70-35-17-10-28-58(70)59-29-11-18-36-71(59)85/h2-48H,1H3. The molecule has 0 N–H and O–H groups in total. The Kier molecular flexibility index (Phi) is 11.8. The first kappa shape index (κ1) is 50.6. The summed E-state index contributed by atoms with van der Waals surface area (Å²) in [6.07, 6.45) is -4.51. The molecule has 4 aromatic heterocycles. The third-order valence-corrected chi connectivity index (χ3v) is 16.9. The number of fused-ring (bicyclic) bond motifs is 9. The topological polar surface area (TPSA) is 40.6 Å². The Balaban J connectivity index is 1.08. The molecule has 16 aromatic rings. The lowest BCUT2D eigenvalue weighted by Gasteiger charge is -2.24. The Labute approximate surface area is 493 Å². The quantitative estimate of drug-likeness (QED) is 0.145. The number of aryl methyl sites for hydroxylation is 1. The lowest BCUT2D eigenvalue weighted by Crippen LogP contribution is -2.06. The van der Waals surface area contributed by atoms with E-state index in [0.29, 0.717) is 22.5 Å². The zero-order valence-corrected chi connectivity index (χ0v) is 46.5. The second kappa shape index (κ2) is 20.1. The molecule has 0 atom stereocenters. The van der Waals surface area contributed by atoms with Crippen LogP contribution < -0.4 is 0 Å². The smallest absolute Gasteiger partial charge is 0.309 e. The van der Waals surface area contributed by atoms with Crippen LogP contribution in [0, 0.1) is 6.92 Å². The van der Waals surface area contributed by atoms with E-state index in [1.807, 2.05) is 54.6 Å². The molecular weight excluding hydrogens is 1060 g/mol. The SMILES string of the molecule is Cc1cc(-c2ccc3c(c2)c2ccccc2n3-c2c(-c3ccccc3-n3c4ccccc4c4ccccc43)cc(-c3cc(-c4ccccc4)nc(-c4ccccc4)n3)cc2-c2ccccc2-n2c3ccccc3c3ccccc32)cc(C(F)(F)F)c1. The monoisotopic (exact) mass is 1110 g/mol. The summed E-state index contributed by atoms with van der Waals surface area (Å²) in [7, 11) is 0. The number of benzene rings is 12. The maximum atomic E-state index is 14.5. The van der Waals surface area contributed by atoms with Crippen LogP contribution in [0.2, 0.25) is 0 Å². The van der Waals surface area contributed by atoms with Crippen LogP contribution in [0.25, 0.3) is 150 Å². The third-order valence-electron chi connectivity index (χ3n) is 16.9. The maximum absolute atomic E-state index is 14.5. The molecule has 0 spiro atoms. The van der Waals surface area contributed by atoms with Crippen molar-refractivity contribution in [2.75, 3.05) is 0 Å². The fourth-order valence-electron chi connectivity index (χ4n) is 13.2. The highest BCUT2D eigenvalue weighted by Crippen LogP contribution is 2.49. The fourth-order valence-corrected chi connectivity index (χ4v) is 13.2. The summed E-state index contributed by atoms with van der Waals surface area (Å²) in [6, 6.07) is 97.8. The molecule has 8 heteroatoms. The largest absolute Gasteiger partial charge is 0.416 e. The van der Waals surface area contributed by atoms with Crippen molar-refractivity contribution < 1.29 is 13.2 Å². The molecule has 5 nitrogen and oxygen atoms in total. The lowest BCUT2D eigenvalue weighted by molar-refractivity contribution is -0.137. The molecule has 12 aromatic carbocycles. The molecule has 0 aliphatic carbocycles. The molecule has 0 bridgehead atoms. The second-order valence-electron chi connectivity index (χ2n) is 22.1. The average Bonchev–Trinajstić information content (AvgIpc) is 1.56. The van der Waals surface area contributed by atoms with Gasteiger partial charge in [0.15, 0.2) is 5.82 Å². The molecule has 16 rings (SSSR count). The van der Waals surface area contributed by atoms with Gasteiger partial charge in [0.1, 0.15) is 0 Å². The highest BCUT2D eigenvalue weighted by atomic mass is 19.4. The van der Waals surface area contributed by atoms with Gasteiger partial charge in [-0.05, 0) is 109 Å². The van der Waals surface area contributed by atoms with E-state index in [1.165, 1.54) is 12.1 Å². The van der Waals surface area contributed by atoms with E-state index in [-0.39, 0.29) is 0 Å². The Bertz CT molecular complexity index is 5020. The van der Waals surface area contributed by atoms with E-state index in [4.69, 9.17) is 9.97 Å². The van der Waals surface area contributed by atoms with Crippen molar-refractivity contribution in [1.29, 1.82) is 0 Å². The van der Waals surface area contributed by atoms with Crippen molar-refractivity contribution in [3.05, 3.63) is 296 Å². The van der Waals surface area contributed by atoms with E-state index in [1.54, 1.807) is 6.92 Å². The fraction of sp³-hybridized carbons (Fsp3) is 0.0256. The summed E-state index contributed by atoms with van der Waals surface area (Å²) in [5, 5.41) is 6.43. The Hall–Kier alpha value is -11.1. The van der Waals surface area contributed by atoms with Crippen molar-refractivity contribution in [2.24, 2.45) is 0 Å². The number of para-hydroxylation sites is 7. The van der Waals surface area contributed by atoms with Crippen LogP contribution in [0.3, 0.4) is 0 Å². The summed E-state index contributed by atoms with van der Waals surface area (Å²) in [6.45, 7) is 1.72. The predicted octanol–water partition coefficient (Wildman–Crippen LogP) is 21.1. The van der Waals surface area contributed by atoms with Crippen molar-refractivity contribution in [3.63, 3.8) is 0 Å². The number of alkyl halides is 3. The number of hydrogen-bond donors (Lipinski definition) is 0. The van der Waals surface area contributed by atoms with Gasteiger partial charge in [0.2, 0.25) is 0 Å². The summed E-state index contributed by atoms with van der Waals surface area (Å²) >= 11 is 0. The van der Waals surface area contributed by atoms with Gasteiger partial charge in [-0.15, -0.1) is 0 Å². The molecule has 408 valence electrons. The number of halogens is 3. The van der Waals surface area contributed by atoms with E-state index >= 15 is 0 Å². The molecule has 0 aliphatic heterocycles. The van der Waals surface area contributed by atoms with Gasteiger partial charge in [0, 0.05) is 71.3 Å². The number of nitrogens with zero attached hydrogens (tertiary/aromatic N) is 5. The van der Waals surface area contributed by atoms with Crippen LogP contribution in [0.4, 0.5) is 13.2 Å². The van der Waals surface area contributed by atoms with Gasteiger partial charge in [-0.25, -0.2) is 9.97 Å². The van der Waals surface area contributed by atoms with Crippen molar-refractivity contribution in [1.82, 2.24) is 23.7 Å². The molecule has 0 amide bonds. The number of aromatic nitrogens is 5. The van der Waals surface area contributed by atoms with Crippen LogP contribution in [-0.2, 0) is 6.18 Å².